The van der Waals surface area contributed by atoms with Crippen molar-refractivity contribution in [2.45, 2.75) is 26.7 Å². The maximum Gasteiger partial charge on any atom is 0.246 e. The van der Waals surface area contributed by atoms with Crippen molar-refractivity contribution in [1.29, 1.82) is 0 Å². The van der Waals surface area contributed by atoms with Crippen LogP contribution in [0.4, 0.5) is 17.3 Å². The van der Waals surface area contributed by atoms with E-state index in [1.807, 2.05) is 25.1 Å². The molecule has 1 aromatic heterocycles. The minimum atomic E-state index is -0.238. The van der Waals surface area contributed by atoms with Gasteiger partial charge in [-0.15, -0.1) is 0 Å². The van der Waals surface area contributed by atoms with E-state index in [-0.39, 0.29) is 24.3 Å². The fraction of sp³-hybridized carbons (Fsp3) is 0.353. The minimum absolute atomic E-state index is 0.0586. The van der Waals surface area contributed by atoms with Crippen LogP contribution in [0.3, 0.4) is 0 Å². The van der Waals surface area contributed by atoms with Crippen LogP contribution in [0, 0.1) is 19.8 Å². The predicted molar refractivity (Wildman–Crippen MR) is 90.9 cm³/mol. The molecule has 3 rings (SSSR count). The number of anilines is 3. The fourth-order valence-corrected chi connectivity index (χ4v) is 2.26. The van der Waals surface area contributed by atoms with Crippen molar-refractivity contribution in [3.05, 3.63) is 35.5 Å². The first-order chi connectivity index (χ1) is 11.5. The summed E-state index contributed by atoms with van der Waals surface area (Å²) in [5.74, 6) is 0.293. The number of nitrogens with one attached hydrogen (secondary N) is 3. The SMILES string of the molecule is Cc1cc(NC(=O)CNc2cc(NC(=O)C3CC3)ccc2C)on1. The molecule has 0 aliphatic heterocycles. The summed E-state index contributed by atoms with van der Waals surface area (Å²) in [5, 5.41) is 12.3. The Hall–Kier alpha value is -2.83. The van der Waals surface area contributed by atoms with E-state index in [4.69, 9.17) is 4.52 Å². The van der Waals surface area contributed by atoms with E-state index < -0.39 is 0 Å². The molecule has 0 atom stereocenters. The van der Waals surface area contributed by atoms with Crippen LogP contribution >= 0.6 is 0 Å². The van der Waals surface area contributed by atoms with Crippen LogP contribution in [0.1, 0.15) is 24.1 Å². The molecule has 1 aromatic carbocycles. The van der Waals surface area contributed by atoms with E-state index in [0.29, 0.717) is 11.6 Å². The minimum Gasteiger partial charge on any atom is -0.376 e. The van der Waals surface area contributed by atoms with Gasteiger partial charge >= 0.3 is 0 Å². The van der Waals surface area contributed by atoms with E-state index in [9.17, 15) is 9.59 Å². The normalized spacial score (nSPS) is 13.4. The molecule has 0 spiro atoms. The van der Waals surface area contributed by atoms with Gasteiger partial charge < -0.3 is 15.2 Å². The molecule has 0 radical (unpaired) electrons. The van der Waals surface area contributed by atoms with Crippen molar-refractivity contribution in [2.24, 2.45) is 5.92 Å². The molecule has 3 N–H and O–H groups in total. The highest BCUT2D eigenvalue weighted by atomic mass is 16.5. The Morgan fingerprint density at radius 1 is 1.21 bits per heavy atom. The van der Waals surface area contributed by atoms with E-state index >= 15 is 0 Å². The number of hydrogen-bond acceptors (Lipinski definition) is 5. The lowest BCUT2D eigenvalue weighted by Crippen LogP contribution is -2.22. The summed E-state index contributed by atoms with van der Waals surface area (Å²) in [6, 6.07) is 7.25. The molecule has 1 saturated carbocycles. The van der Waals surface area contributed by atoms with Gasteiger partial charge in [-0.3, -0.25) is 14.9 Å². The Balaban J connectivity index is 1.57. The molecule has 0 unspecified atom stereocenters. The molecule has 24 heavy (non-hydrogen) atoms. The number of amides is 2. The second-order valence-corrected chi connectivity index (χ2v) is 6.03. The molecule has 2 aromatic rings. The Bertz CT molecular complexity index is 765. The molecule has 1 heterocycles. The summed E-state index contributed by atoms with van der Waals surface area (Å²) >= 11 is 0. The first kappa shape index (κ1) is 16.0. The summed E-state index contributed by atoms with van der Waals surface area (Å²) in [7, 11) is 0. The number of hydrogen-bond donors (Lipinski definition) is 3. The fourth-order valence-electron chi connectivity index (χ4n) is 2.26. The summed E-state index contributed by atoms with van der Waals surface area (Å²) in [6.45, 7) is 3.80. The van der Waals surface area contributed by atoms with Crippen molar-refractivity contribution >= 4 is 29.1 Å². The molecule has 1 fully saturated rings. The third kappa shape index (κ3) is 4.13. The van der Waals surface area contributed by atoms with E-state index in [1.54, 1.807) is 13.0 Å². The number of nitrogens with zero attached hydrogens (tertiary/aromatic N) is 1. The zero-order chi connectivity index (χ0) is 17.1. The van der Waals surface area contributed by atoms with Crippen molar-refractivity contribution in [1.82, 2.24) is 5.16 Å². The zero-order valence-electron chi connectivity index (χ0n) is 13.7. The van der Waals surface area contributed by atoms with Crippen LogP contribution in [-0.2, 0) is 9.59 Å². The lowest BCUT2D eigenvalue weighted by molar-refractivity contribution is -0.117. The third-order valence-corrected chi connectivity index (χ3v) is 3.78. The van der Waals surface area contributed by atoms with E-state index in [0.717, 1.165) is 29.8 Å². The van der Waals surface area contributed by atoms with Gasteiger partial charge in [-0.25, -0.2) is 0 Å². The van der Waals surface area contributed by atoms with Crippen LogP contribution in [0.25, 0.3) is 0 Å². The summed E-state index contributed by atoms with van der Waals surface area (Å²) in [6.07, 6.45) is 1.92. The van der Waals surface area contributed by atoms with Gasteiger partial charge in [-0.05, 0) is 44.4 Å². The number of carbonyl (C=O) groups is 2. The lowest BCUT2D eigenvalue weighted by Gasteiger charge is -2.12. The van der Waals surface area contributed by atoms with Crippen molar-refractivity contribution in [3.8, 4) is 0 Å². The van der Waals surface area contributed by atoms with Crippen molar-refractivity contribution in [2.75, 3.05) is 22.5 Å². The van der Waals surface area contributed by atoms with E-state index in [1.165, 1.54) is 0 Å². The Morgan fingerprint density at radius 2 is 2.00 bits per heavy atom. The number of benzene rings is 1. The second-order valence-electron chi connectivity index (χ2n) is 6.03. The quantitative estimate of drug-likeness (QED) is 0.757. The highest BCUT2D eigenvalue weighted by Crippen LogP contribution is 2.30. The molecule has 0 bridgehead atoms. The Kier molecular flexibility index (Phi) is 4.50. The van der Waals surface area contributed by atoms with Gasteiger partial charge in [0, 0.05) is 23.4 Å². The van der Waals surface area contributed by atoms with Crippen LogP contribution in [0.5, 0.6) is 0 Å². The van der Waals surface area contributed by atoms with Gasteiger partial charge in [0.2, 0.25) is 17.7 Å². The van der Waals surface area contributed by atoms with Crippen LogP contribution in [0.2, 0.25) is 0 Å². The molecule has 7 nitrogen and oxygen atoms in total. The molecule has 1 aliphatic rings. The first-order valence-electron chi connectivity index (χ1n) is 7.90. The van der Waals surface area contributed by atoms with Gasteiger partial charge in [0.25, 0.3) is 0 Å². The molecule has 0 saturated heterocycles. The molecule has 1 aliphatic carbocycles. The van der Waals surface area contributed by atoms with Gasteiger partial charge in [-0.2, -0.15) is 0 Å². The van der Waals surface area contributed by atoms with Crippen LogP contribution in [0.15, 0.2) is 28.8 Å². The smallest absolute Gasteiger partial charge is 0.246 e. The van der Waals surface area contributed by atoms with Crippen LogP contribution < -0.4 is 16.0 Å². The average molecular weight is 328 g/mol. The van der Waals surface area contributed by atoms with Gasteiger partial charge in [0.1, 0.15) is 0 Å². The van der Waals surface area contributed by atoms with E-state index in [2.05, 4.69) is 21.1 Å². The topological polar surface area (TPSA) is 96.3 Å². The average Bonchev–Trinajstić information content (AvgIpc) is 3.32. The van der Waals surface area contributed by atoms with Crippen molar-refractivity contribution < 1.29 is 14.1 Å². The highest BCUT2D eigenvalue weighted by Gasteiger charge is 2.29. The molecule has 2 amide bonds. The number of rotatable bonds is 6. The third-order valence-electron chi connectivity index (χ3n) is 3.78. The largest absolute Gasteiger partial charge is 0.376 e. The number of carbonyl (C=O) groups excluding carboxylic acids is 2. The highest BCUT2D eigenvalue weighted by molar-refractivity contribution is 5.95. The summed E-state index contributed by atoms with van der Waals surface area (Å²) in [5.41, 5.74) is 3.22. The van der Waals surface area contributed by atoms with Gasteiger partial charge in [0.15, 0.2) is 0 Å². The maximum atomic E-state index is 11.9. The van der Waals surface area contributed by atoms with Crippen molar-refractivity contribution in [3.63, 3.8) is 0 Å². The van der Waals surface area contributed by atoms with Gasteiger partial charge in [0.05, 0.1) is 12.2 Å². The molecule has 126 valence electrons. The first-order valence-corrected chi connectivity index (χ1v) is 7.90. The van der Waals surface area contributed by atoms with Crippen LogP contribution in [-0.4, -0.2) is 23.5 Å². The molecule has 7 heteroatoms. The maximum absolute atomic E-state index is 11.9. The molecular weight excluding hydrogens is 308 g/mol. The predicted octanol–water partition coefficient (Wildman–Crippen LogP) is 2.69. The number of aromatic nitrogens is 1. The standard InChI is InChI=1S/C17H20N4O3/c1-10-3-6-13(19-17(23)12-4-5-12)8-14(10)18-9-15(22)20-16-7-11(2)21-24-16/h3,6-8,12,18H,4-5,9H2,1-2H3,(H,19,23)(H,20,22). The Labute approximate surface area is 139 Å². The monoisotopic (exact) mass is 328 g/mol. The lowest BCUT2D eigenvalue weighted by atomic mass is 10.1. The summed E-state index contributed by atoms with van der Waals surface area (Å²) in [4.78, 5) is 23.8. The summed E-state index contributed by atoms with van der Waals surface area (Å²) < 4.78 is 4.94. The second kappa shape index (κ2) is 6.74. The Morgan fingerprint density at radius 3 is 2.67 bits per heavy atom. The zero-order valence-corrected chi connectivity index (χ0v) is 13.7. The van der Waals surface area contributed by atoms with Gasteiger partial charge in [-0.1, -0.05) is 11.2 Å². The number of aryl methyl sites for hydroxylation is 2. The molecular formula is C17H20N4O3.